The van der Waals surface area contributed by atoms with E-state index in [9.17, 15) is 4.79 Å². The van der Waals surface area contributed by atoms with Crippen LogP contribution in [0.5, 0.6) is 0 Å². The maximum Gasteiger partial charge on any atom is 0.221 e. The van der Waals surface area contributed by atoms with Crippen molar-refractivity contribution in [3.05, 3.63) is 60.7 Å². The first-order valence-corrected chi connectivity index (χ1v) is 10.4. The molecule has 0 bridgehead atoms. The molecule has 1 aromatic carbocycles. The van der Waals surface area contributed by atoms with Gasteiger partial charge in [-0.05, 0) is 37.6 Å². The van der Waals surface area contributed by atoms with Gasteiger partial charge in [-0.1, -0.05) is 24.3 Å². The Hall–Kier alpha value is -4.01. The van der Waals surface area contributed by atoms with Crippen molar-refractivity contribution in [3.8, 4) is 11.3 Å². The standard InChI is InChI=1S/C23H22N8O/c1-4-20(32)23(2,3)31-14-17(11-26-31)19-12-25-21-22(27-19)30(29-28-21)13-15-7-8-18-16(10-15)6-5-9-24-18/h5-12,14H,4,13H2,1-3H3. The van der Waals surface area contributed by atoms with E-state index in [4.69, 9.17) is 4.98 Å². The molecule has 5 aromatic rings. The number of ketones is 1. The van der Waals surface area contributed by atoms with E-state index >= 15 is 0 Å². The van der Waals surface area contributed by atoms with Gasteiger partial charge in [0.05, 0.1) is 30.1 Å². The number of nitrogens with zero attached hydrogens (tertiary/aromatic N) is 8. The number of fused-ring (bicyclic) bond motifs is 2. The largest absolute Gasteiger partial charge is 0.297 e. The fourth-order valence-electron chi connectivity index (χ4n) is 3.72. The third-order valence-electron chi connectivity index (χ3n) is 5.68. The molecule has 4 aromatic heterocycles. The van der Waals surface area contributed by atoms with Gasteiger partial charge >= 0.3 is 0 Å². The molecule has 0 saturated carbocycles. The summed E-state index contributed by atoms with van der Waals surface area (Å²) in [5.74, 6) is 0.113. The fourth-order valence-corrected chi connectivity index (χ4v) is 3.72. The molecule has 0 aliphatic carbocycles. The molecule has 160 valence electrons. The summed E-state index contributed by atoms with van der Waals surface area (Å²) >= 11 is 0. The molecule has 9 heteroatoms. The quantitative estimate of drug-likeness (QED) is 0.410. The first-order valence-electron chi connectivity index (χ1n) is 10.4. The van der Waals surface area contributed by atoms with Crippen molar-refractivity contribution >= 4 is 28.0 Å². The Morgan fingerprint density at radius 1 is 1.12 bits per heavy atom. The third-order valence-corrected chi connectivity index (χ3v) is 5.68. The van der Waals surface area contributed by atoms with E-state index in [1.54, 1.807) is 28.0 Å². The van der Waals surface area contributed by atoms with Gasteiger partial charge in [-0.3, -0.25) is 14.5 Å². The Balaban J connectivity index is 1.48. The van der Waals surface area contributed by atoms with E-state index in [2.05, 4.69) is 31.4 Å². The zero-order valence-corrected chi connectivity index (χ0v) is 18.1. The Labute approximate surface area is 184 Å². The zero-order valence-electron chi connectivity index (χ0n) is 18.1. The predicted octanol–water partition coefficient (Wildman–Crippen LogP) is 3.40. The molecule has 0 amide bonds. The molecule has 9 nitrogen and oxygen atoms in total. The fraction of sp³-hybridized carbons (Fsp3) is 0.261. The molecule has 0 saturated heterocycles. The van der Waals surface area contributed by atoms with Crippen molar-refractivity contribution in [1.82, 2.24) is 39.7 Å². The van der Waals surface area contributed by atoms with Gasteiger partial charge in [-0.25, -0.2) is 14.6 Å². The zero-order chi connectivity index (χ0) is 22.3. The van der Waals surface area contributed by atoms with Crippen molar-refractivity contribution < 1.29 is 4.79 Å². The molecular formula is C23H22N8O. The molecule has 0 spiro atoms. The summed E-state index contributed by atoms with van der Waals surface area (Å²) in [6.45, 7) is 6.09. The van der Waals surface area contributed by atoms with Gasteiger partial charge in [0.2, 0.25) is 5.65 Å². The number of carbonyl (C=O) groups excluding carboxylic acids is 1. The minimum atomic E-state index is -0.723. The molecule has 0 radical (unpaired) electrons. The van der Waals surface area contributed by atoms with Crippen molar-refractivity contribution in [2.24, 2.45) is 0 Å². The Bertz CT molecular complexity index is 1450. The van der Waals surface area contributed by atoms with Gasteiger partial charge < -0.3 is 0 Å². The molecule has 0 N–H and O–H groups in total. The molecule has 0 fully saturated rings. The second-order valence-electron chi connectivity index (χ2n) is 8.19. The Kier molecular flexibility index (Phi) is 4.73. The number of hydrogen-bond acceptors (Lipinski definition) is 7. The Morgan fingerprint density at radius 3 is 2.84 bits per heavy atom. The van der Waals surface area contributed by atoms with Crippen LogP contribution in [-0.2, 0) is 16.9 Å². The highest BCUT2D eigenvalue weighted by Crippen LogP contribution is 2.23. The van der Waals surface area contributed by atoms with Crippen molar-refractivity contribution in [1.29, 1.82) is 0 Å². The summed E-state index contributed by atoms with van der Waals surface area (Å²) in [5, 5.41) is 13.9. The number of carbonyl (C=O) groups is 1. The normalized spacial score (nSPS) is 12.0. The predicted molar refractivity (Wildman–Crippen MR) is 120 cm³/mol. The highest BCUT2D eigenvalue weighted by Gasteiger charge is 2.29. The van der Waals surface area contributed by atoms with E-state index in [1.807, 2.05) is 51.2 Å². The Morgan fingerprint density at radius 2 is 2.00 bits per heavy atom. The number of hydrogen-bond donors (Lipinski definition) is 0. The van der Waals surface area contributed by atoms with Gasteiger partial charge in [-0.2, -0.15) is 5.10 Å². The summed E-state index contributed by atoms with van der Waals surface area (Å²) in [4.78, 5) is 25.8. The number of aromatic nitrogens is 8. The van der Waals surface area contributed by atoms with Crippen LogP contribution in [0.2, 0.25) is 0 Å². The molecule has 0 unspecified atom stereocenters. The van der Waals surface area contributed by atoms with Crippen LogP contribution in [0.3, 0.4) is 0 Å². The van der Waals surface area contributed by atoms with E-state index in [-0.39, 0.29) is 5.78 Å². The first kappa shape index (κ1) is 19.9. The monoisotopic (exact) mass is 426 g/mol. The average Bonchev–Trinajstić information content (AvgIpc) is 3.46. The van der Waals surface area contributed by atoms with E-state index < -0.39 is 5.54 Å². The van der Waals surface area contributed by atoms with Gasteiger partial charge in [0, 0.05) is 29.8 Å². The molecular weight excluding hydrogens is 404 g/mol. The summed E-state index contributed by atoms with van der Waals surface area (Å²) < 4.78 is 3.41. The highest BCUT2D eigenvalue weighted by atomic mass is 16.1. The summed E-state index contributed by atoms with van der Waals surface area (Å²) in [6.07, 6.45) is 7.41. The second kappa shape index (κ2) is 7.60. The lowest BCUT2D eigenvalue weighted by Gasteiger charge is -2.23. The smallest absolute Gasteiger partial charge is 0.221 e. The third kappa shape index (κ3) is 3.41. The average molecular weight is 426 g/mol. The van der Waals surface area contributed by atoms with Crippen LogP contribution < -0.4 is 0 Å². The summed E-state index contributed by atoms with van der Waals surface area (Å²) in [5.41, 5.74) is 3.78. The van der Waals surface area contributed by atoms with Crippen molar-refractivity contribution in [2.45, 2.75) is 39.3 Å². The first-order chi connectivity index (χ1) is 15.5. The van der Waals surface area contributed by atoms with Gasteiger partial charge in [0.15, 0.2) is 11.4 Å². The van der Waals surface area contributed by atoms with Crippen LogP contribution in [-0.4, -0.2) is 45.5 Å². The lowest BCUT2D eigenvalue weighted by atomic mass is 9.97. The van der Waals surface area contributed by atoms with Crippen LogP contribution in [0.15, 0.2) is 55.1 Å². The number of rotatable bonds is 6. The van der Waals surface area contributed by atoms with E-state index in [0.29, 0.717) is 30.0 Å². The van der Waals surface area contributed by atoms with Crippen molar-refractivity contribution in [3.63, 3.8) is 0 Å². The van der Waals surface area contributed by atoms with Crippen LogP contribution in [0.25, 0.3) is 33.5 Å². The second-order valence-corrected chi connectivity index (χ2v) is 8.19. The molecule has 0 atom stereocenters. The summed E-state index contributed by atoms with van der Waals surface area (Å²) in [6, 6.07) is 10.1. The van der Waals surface area contributed by atoms with Crippen LogP contribution in [0.1, 0.15) is 32.8 Å². The van der Waals surface area contributed by atoms with Crippen molar-refractivity contribution in [2.75, 3.05) is 0 Å². The number of pyridine rings is 1. The number of Topliss-reactive ketones (excluding diaryl/α,β-unsaturated/α-hetero) is 1. The van der Waals surface area contributed by atoms with Crippen LogP contribution in [0, 0.1) is 0 Å². The van der Waals surface area contributed by atoms with Crippen LogP contribution >= 0.6 is 0 Å². The maximum absolute atomic E-state index is 12.3. The summed E-state index contributed by atoms with van der Waals surface area (Å²) in [7, 11) is 0. The van der Waals surface area contributed by atoms with Crippen LogP contribution in [0.4, 0.5) is 0 Å². The lowest BCUT2D eigenvalue weighted by molar-refractivity contribution is -0.126. The van der Waals surface area contributed by atoms with Gasteiger partial charge in [0.25, 0.3) is 0 Å². The molecule has 32 heavy (non-hydrogen) atoms. The minimum Gasteiger partial charge on any atom is -0.297 e. The molecule has 0 aliphatic rings. The topological polar surface area (TPSA) is 104 Å². The SMILES string of the molecule is CCC(=O)C(C)(C)n1cc(-c2cnc3nnn(Cc4ccc5ncccc5c4)c3n2)cn1. The van der Waals surface area contributed by atoms with E-state index in [1.165, 1.54) is 0 Å². The molecule has 4 heterocycles. The number of benzene rings is 1. The highest BCUT2D eigenvalue weighted by molar-refractivity contribution is 5.85. The minimum absolute atomic E-state index is 0.113. The van der Waals surface area contributed by atoms with Gasteiger partial charge in [0.1, 0.15) is 5.54 Å². The maximum atomic E-state index is 12.3. The molecule has 5 rings (SSSR count). The molecule has 0 aliphatic heterocycles. The van der Waals surface area contributed by atoms with Gasteiger partial charge in [-0.15, -0.1) is 5.10 Å². The lowest BCUT2D eigenvalue weighted by Crippen LogP contribution is -2.35. The van der Waals surface area contributed by atoms with E-state index in [0.717, 1.165) is 22.0 Å².